The molecule has 560 valence electrons. The number of aliphatic carboxylic acids is 1. The van der Waals surface area contributed by atoms with Crippen molar-refractivity contribution in [1.82, 2.24) is 73.8 Å². The number of unbranched alkanes of at least 4 members (excludes halogenated alkanes) is 2. The summed E-state index contributed by atoms with van der Waals surface area (Å²) in [4.78, 5) is 173. The number of carbonyl (C=O) groups is 12. The van der Waals surface area contributed by atoms with Crippen LogP contribution in [0.25, 0.3) is 0 Å². The first kappa shape index (κ1) is 86.3. The van der Waals surface area contributed by atoms with Gasteiger partial charge in [0.15, 0.2) is 11.9 Å². The zero-order valence-corrected chi connectivity index (χ0v) is 57.7. The maximum atomic E-state index is 14.5. The smallest absolute Gasteiger partial charge is 0.305 e. The highest BCUT2D eigenvalue weighted by Crippen LogP contribution is 2.16. The van der Waals surface area contributed by atoms with E-state index in [1.165, 1.54) is 36.8 Å². The van der Waals surface area contributed by atoms with Gasteiger partial charge >= 0.3 is 5.97 Å². The highest BCUT2D eigenvalue weighted by atomic mass is 16.4. The van der Waals surface area contributed by atoms with Crippen molar-refractivity contribution in [2.75, 3.05) is 32.8 Å². The number of phenolic OH excluding ortho intramolecular Hbond substituents is 1. The van der Waals surface area contributed by atoms with Crippen molar-refractivity contribution in [3.05, 3.63) is 48.0 Å². The van der Waals surface area contributed by atoms with E-state index in [-0.39, 0.29) is 119 Å². The Morgan fingerprint density at radius 2 is 0.890 bits per heavy atom. The van der Waals surface area contributed by atoms with Gasteiger partial charge in [-0.25, -0.2) is 4.98 Å². The predicted molar refractivity (Wildman–Crippen MR) is 366 cm³/mol. The second-order valence-electron chi connectivity index (χ2n) is 25.3. The summed E-state index contributed by atoms with van der Waals surface area (Å²) in [5.41, 5.74) is 28.4. The second kappa shape index (κ2) is 45.8. The molecule has 1 heterocycles. The monoisotopic (exact) mass is 1410 g/mol. The van der Waals surface area contributed by atoms with E-state index in [1.807, 2.05) is 13.8 Å². The molecule has 0 saturated heterocycles. The van der Waals surface area contributed by atoms with Crippen LogP contribution >= 0.6 is 0 Å². The van der Waals surface area contributed by atoms with Gasteiger partial charge in [0, 0.05) is 38.0 Å². The van der Waals surface area contributed by atoms with Crippen molar-refractivity contribution >= 4 is 82.9 Å². The highest BCUT2D eigenvalue weighted by Gasteiger charge is 2.38. The van der Waals surface area contributed by atoms with Crippen molar-refractivity contribution in [3.8, 4) is 5.75 Å². The minimum absolute atomic E-state index is 0.0673. The highest BCUT2D eigenvalue weighted by molar-refractivity contribution is 6.00. The molecule has 0 unspecified atom stereocenters. The topological polar surface area (TPSA) is 637 Å². The summed E-state index contributed by atoms with van der Waals surface area (Å²) in [7, 11) is 0. The van der Waals surface area contributed by atoms with Crippen LogP contribution in [-0.2, 0) is 70.4 Å². The van der Waals surface area contributed by atoms with E-state index in [4.69, 9.17) is 39.5 Å². The molecule has 37 nitrogen and oxygen atoms in total. The number of aromatic nitrogens is 2. The number of aliphatic hydroxyl groups excluding tert-OH is 2. The quantitative estimate of drug-likeness (QED) is 0.0167. The fourth-order valence-corrected chi connectivity index (χ4v) is 10.1. The number of H-pyrrole nitrogens is 1. The first-order valence-corrected chi connectivity index (χ1v) is 33.3. The number of carboxylic acids is 1. The van der Waals surface area contributed by atoms with Gasteiger partial charge in [-0.2, -0.15) is 0 Å². The number of hydrogen-bond donors (Lipinski definition) is 24. The summed E-state index contributed by atoms with van der Waals surface area (Å²) in [5.74, 6) is -14.0. The summed E-state index contributed by atoms with van der Waals surface area (Å²) < 4.78 is 0. The lowest BCUT2D eigenvalue weighted by Crippen LogP contribution is -2.62. The average molecular weight is 1410 g/mol. The average Bonchev–Trinajstić information content (AvgIpc) is 0.970. The Morgan fingerprint density at radius 1 is 0.490 bits per heavy atom. The number of nitrogens with one attached hydrogen (secondary N) is 15. The number of phenols is 1. The second-order valence-corrected chi connectivity index (χ2v) is 25.3. The molecule has 0 saturated carbocycles. The summed E-state index contributed by atoms with van der Waals surface area (Å²) in [5, 5.41) is 86.8. The minimum Gasteiger partial charge on any atom is -0.508 e. The molecule has 0 fully saturated rings. The third-order valence-electron chi connectivity index (χ3n) is 15.6. The van der Waals surface area contributed by atoms with Crippen LogP contribution in [0.4, 0.5) is 0 Å². The van der Waals surface area contributed by atoms with Gasteiger partial charge in [0.1, 0.15) is 66.2 Å². The number of amides is 11. The molecule has 0 spiro atoms. The molecule has 2 rings (SSSR count). The molecule has 12 atom stereocenters. The van der Waals surface area contributed by atoms with Gasteiger partial charge in [0.05, 0.1) is 31.2 Å². The van der Waals surface area contributed by atoms with E-state index in [0.29, 0.717) is 31.4 Å². The number of aliphatic hydroxyl groups is 2. The molecule has 0 bridgehead atoms. The van der Waals surface area contributed by atoms with Gasteiger partial charge < -0.3 is 118 Å². The van der Waals surface area contributed by atoms with Crippen LogP contribution < -0.4 is 92.5 Å². The molecule has 0 aliphatic rings. The van der Waals surface area contributed by atoms with Crippen molar-refractivity contribution in [1.29, 1.82) is 10.8 Å². The molecule has 2 aromatic rings. The van der Waals surface area contributed by atoms with E-state index < -0.39 is 163 Å². The fraction of sp³-hybridized carbons (Fsp3) is 0.635. The number of rotatable bonds is 49. The summed E-state index contributed by atoms with van der Waals surface area (Å²) >= 11 is 0. The molecule has 0 radical (unpaired) electrons. The first-order chi connectivity index (χ1) is 47.2. The van der Waals surface area contributed by atoms with Gasteiger partial charge in [-0.15, -0.1) is 0 Å². The van der Waals surface area contributed by atoms with E-state index in [2.05, 4.69) is 73.8 Å². The maximum Gasteiger partial charge on any atom is 0.305 e. The number of nitrogens with zero attached hydrogens (tertiary/aromatic N) is 1. The van der Waals surface area contributed by atoms with Gasteiger partial charge in [-0.3, -0.25) is 68.4 Å². The van der Waals surface area contributed by atoms with E-state index >= 15 is 0 Å². The Hall–Kier alpha value is -9.75. The van der Waals surface area contributed by atoms with Crippen LogP contribution in [0.1, 0.15) is 136 Å². The molecule has 37 heteroatoms. The standard InChI is InChI=1S/C63H107N21O16/c1-33(2)25-43(51(66)90)78-53(92)41(15-11-23-72-62(67)68)77-57(96)45(27-37-17-19-39(87)20-18-37)80-54(93)40(14-8-10-22-65)75-58(97)47(29-49(88)89)82-61(100)50(36(6)86)84-59(98)46(28-38-30-71-32-74-38)81-60(99)48(31-85)83-55(94)42(16-12-24-73-63(69)70)76-56(95)44(26-34(3)4)79-52(91)35(5)13-7-9-21-64/h17-20,30,32-36,40-48,50,85-87H,7-16,21-29,31,64-65H2,1-6H3,(H2,66,90)(H,71,74)(H,75,97)(H,76,95)(H,77,96)(H,78,92)(H,79,91)(H,80,93)(H,81,99)(H,82,100)(H,83,94)(H,84,98)(H,88,89)(H4,67,68,72)(H4,69,70,73)/t35-,36+,40-,41-,42-,43-,44-,45-,46-,47-,48-,50-/m0/s1. The SMILES string of the molecule is CC(C)C[C@H](NC(=O)[C@H](CCCNC(=N)N)NC(=O)[C@H](Cc1ccc(O)cc1)NC(=O)[C@H](CCCCN)NC(=O)[C@H](CC(=O)O)NC(=O)[C@@H](NC(=O)[C@H](Cc1c[nH]cn1)NC(=O)[C@H](CO)NC(=O)[C@H](CCCNC(=N)N)NC(=O)[C@H](CC(C)C)NC(=O)[C@@H](C)CCCCN)[C@@H](C)O)C(N)=O. The van der Waals surface area contributed by atoms with Crippen LogP contribution in [0.2, 0.25) is 0 Å². The van der Waals surface area contributed by atoms with Crippen molar-refractivity contribution in [3.63, 3.8) is 0 Å². The Kier molecular flexibility index (Phi) is 39.5. The number of benzene rings is 1. The van der Waals surface area contributed by atoms with Crippen molar-refractivity contribution in [2.45, 2.75) is 204 Å². The van der Waals surface area contributed by atoms with E-state index in [0.717, 1.165) is 6.92 Å². The molecular formula is C63H107N21O16. The molecule has 1 aromatic carbocycles. The first-order valence-electron chi connectivity index (χ1n) is 33.3. The number of imidazole rings is 1. The number of nitrogens with two attached hydrogens (primary N) is 5. The lowest BCUT2D eigenvalue weighted by molar-refractivity contribution is -0.142. The molecule has 0 aliphatic carbocycles. The van der Waals surface area contributed by atoms with Gasteiger partial charge in [0.2, 0.25) is 65.0 Å². The Bertz CT molecular complexity index is 2990. The normalized spacial score (nSPS) is 14.8. The third kappa shape index (κ3) is 33.7. The lowest BCUT2D eigenvalue weighted by atomic mass is 9.99. The molecule has 11 amide bonds. The van der Waals surface area contributed by atoms with Crippen molar-refractivity contribution in [2.24, 2.45) is 46.4 Å². The van der Waals surface area contributed by atoms with Crippen molar-refractivity contribution < 1.29 is 78.0 Å². The van der Waals surface area contributed by atoms with E-state index in [1.54, 1.807) is 20.8 Å². The summed E-state index contributed by atoms with van der Waals surface area (Å²) in [6.07, 6.45) is 1.33. The zero-order valence-electron chi connectivity index (χ0n) is 57.7. The summed E-state index contributed by atoms with van der Waals surface area (Å²) in [6.45, 7) is 9.61. The minimum atomic E-state index is -2.06. The molecule has 1 aromatic heterocycles. The number of hydrogen-bond acceptors (Lipinski definition) is 20. The fourth-order valence-electron chi connectivity index (χ4n) is 10.1. The van der Waals surface area contributed by atoms with Crippen LogP contribution in [0.15, 0.2) is 36.8 Å². The number of carbonyl (C=O) groups excluding carboxylic acids is 11. The molecule has 29 N–H and O–H groups in total. The molecule has 0 aliphatic heterocycles. The Labute approximate surface area is 580 Å². The van der Waals surface area contributed by atoms with E-state index in [9.17, 15) is 78.0 Å². The van der Waals surface area contributed by atoms with Crippen LogP contribution in [0, 0.1) is 28.6 Å². The third-order valence-corrected chi connectivity index (χ3v) is 15.6. The van der Waals surface area contributed by atoms with Gasteiger partial charge in [0.25, 0.3) is 0 Å². The maximum absolute atomic E-state index is 14.5. The number of aromatic amines is 1. The zero-order chi connectivity index (χ0) is 75.2. The predicted octanol–water partition coefficient (Wildman–Crippen LogP) is -5.41. The van der Waals surface area contributed by atoms with Crippen LogP contribution in [-0.4, -0.2) is 213 Å². The number of aromatic hydroxyl groups is 1. The molecular weight excluding hydrogens is 1310 g/mol. The number of primary amides is 1. The number of guanidine groups is 2. The van der Waals surface area contributed by atoms with Crippen LogP contribution in [0.5, 0.6) is 5.75 Å². The Morgan fingerprint density at radius 3 is 1.34 bits per heavy atom. The number of carboxylic acid groups (broad SMARTS) is 1. The van der Waals surface area contributed by atoms with Crippen LogP contribution in [0.3, 0.4) is 0 Å². The summed E-state index contributed by atoms with van der Waals surface area (Å²) in [6, 6.07) is -10.4. The lowest BCUT2D eigenvalue weighted by Gasteiger charge is -2.29. The Balaban J connectivity index is 2.53. The van der Waals surface area contributed by atoms with Gasteiger partial charge in [-0.1, -0.05) is 53.2 Å². The molecule has 100 heavy (non-hydrogen) atoms. The van der Waals surface area contributed by atoms with Gasteiger partial charge in [-0.05, 0) is 120 Å². The largest absolute Gasteiger partial charge is 0.508 e.